The van der Waals surface area contributed by atoms with Crippen LogP contribution in [0.1, 0.15) is 6.92 Å². The van der Waals surface area contributed by atoms with Crippen molar-refractivity contribution in [3.05, 3.63) is 5.28 Å². The summed E-state index contributed by atoms with van der Waals surface area (Å²) in [6.07, 6.45) is 0. The summed E-state index contributed by atoms with van der Waals surface area (Å²) >= 11 is 5.70. The van der Waals surface area contributed by atoms with E-state index in [0.717, 1.165) is 0 Å². The number of hydrogen-bond acceptors (Lipinski definition) is 6. The molecule has 1 rings (SSSR count). The maximum atomic E-state index is 8.76. The lowest BCUT2D eigenvalue weighted by Gasteiger charge is -2.15. The van der Waals surface area contributed by atoms with Gasteiger partial charge in [-0.2, -0.15) is 15.0 Å². The summed E-state index contributed by atoms with van der Waals surface area (Å²) in [4.78, 5) is 13.4. The lowest BCUT2D eigenvalue weighted by atomic mass is 10.6. The minimum Gasteiger partial charge on any atom is -0.464 e. The van der Waals surface area contributed by atoms with Gasteiger partial charge < -0.3 is 14.7 Å². The van der Waals surface area contributed by atoms with E-state index in [1.165, 1.54) is 0 Å². The molecule has 7 heteroatoms. The molecule has 0 amide bonds. The fourth-order valence-corrected chi connectivity index (χ4v) is 1.08. The Balaban J connectivity index is 2.87. The largest absolute Gasteiger partial charge is 0.464 e. The molecule has 0 aliphatic carbocycles. The summed E-state index contributed by atoms with van der Waals surface area (Å²) in [6, 6.07) is 0.192. The van der Waals surface area contributed by atoms with Crippen molar-refractivity contribution in [2.75, 3.05) is 31.7 Å². The van der Waals surface area contributed by atoms with E-state index in [-0.39, 0.29) is 17.9 Å². The quantitative estimate of drug-likeness (QED) is 0.790. The van der Waals surface area contributed by atoms with E-state index in [1.54, 1.807) is 11.9 Å². The third-order valence-electron chi connectivity index (χ3n) is 1.63. The summed E-state index contributed by atoms with van der Waals surface area (Å²) in [5, 5.41) is 8.84. The van der Waals surface area contributed by atoms with Crippen LogP contribution in [0.3, 0.4) is 0 Å². The van der Waals surface area contributed by atoms with Crippen molar-refractivity contribution in [3.8, 4) is 6.01 Å². The highest BCUT2D eigenvalue weighted by molar-refractivity contribution is 6.28. The smallest absolute Gasteiger partial charge is 0.322 e. The summed E-state index contributed by atoms with van der Waals surface area (Å²) < 4.78 is 5.12. The molecule has 0 aliphatic rings. The Morgan fingerprint density at radius 1 is 1.40 bits per heavy atom. The van der Waals surface area contributed by atoms with Crippen LogP contribution >= 0.6 is 11.6 Å². The SMILES string of the molecule is CCOc1nc(Cl)nc(N(C)CCO)n1. The number of likely N-dealkylation sites (N-methyl/N-ethyl adjacent to an activating group) is 1. The van der Waals surface area contributed by atoms with Crippen molar-refractivity contribution in [1.29, 1.82) is 0 Å². The molecule has 0 aliphatic heterocycles. The monoisotopic (exact) mass is 232 g/mol. The fraction of sp³-hybridized carbons (Fsp3) is 0.625. The zero-order valence-electron chi connectivity index (χ0n) is 8.64. The van der Waals surface area contributed by atoms with Gasteiger partial charge in [-0.25, -0.2) is 0 Å². The molecule has 1 N–H and O–H groups in total. The maximum absolute atomic E-state index is 8.76. The van der Waals surface area contributed by atoms with E-state index in [0.29, 0.717) is 19.1 Å². The Morgan fingerprint density at radius 3 is 2.73 bits per heavy atom. The van der Waals surface area contributed by atoms with E-state index in [4.69, 9.17) is 21.4 Å². The van der Waals surface area contributed by atoms with E-state index in [9.17, 15) is 0 Å². The van der Waals surface area contributed by atoms with Crippen LogP contribution in [0.2, 0.25) is 5.28 Å². The van der Waals surface area contributed by atoms with E-state index in [1.807, 2.05) is 6.92 Å². The van der Waals surface area contributed by atoms with Crippen molar-refractivity contribution < 1.29 is 9.84 Å². The molecule has 0 bridgehead atoms. The van der Waals surface area contributed by atoms with Crippen LogP contribution in [0.15, 0.2) is 0 Å². The Labute approximate surface area is 92.9 Å². The molecule has 0 saturated heterocycles. The first-order valence-electron chi connectivity index (χ1n) is 4.53. The van der Waals surface area contributed by atoms with Gasteiger partial charge in [-0.1, -0.05) is 0 Å². The molecule has 0 radical (unpaired) electrons. The van der Waals surface area contributed by atoms with Gasteiger partial charge in [0, 0.05) is 13.6 Å². The zero-order valence-corrected chi connectivity index (χ0v) is 9.40. The predicted octanol–water partition coefficient (Wildman–Crippen LogP) is 0.352. The Hall–Kier alpha value is -1.14. The molecule has 0 saturated carbocycles. The molecule has 0 atom stereocenters. The highest BCUT2D eigenvalue weighted by atomic mass is 35.5. The molecule has 1 heterocycles. The maximum Gasteiger partial charge on any atom is 0.322 e. The van der Waals surface area contributed by atoms with Crippen LogP contribution in [0.25, 0.3) is 0 Å². The van der Waals surface area contributed by atoms with Crippen LogP contribution in [0, 0.1) is 0 Å². The molecule has 84 valence electrons. The minimum atomic E-state index is 0.0176. The molecular formula is C8H13ClN4O2. The summed E-state index contributed by atoms with van der Waals surface area (Å²) in [7, 11) is 1.75. The van der Waals surface area contributed by atoms with Gasteiger partial charge in [0.2, 0.25) is 11.2 Å². The average molecular weight is 233 g/mol. The van der Waals surface area contributed by atoms with Crippen molar-refractivity contribution in [1.82, 2.24) is 15.0 Å². The first-order chi connectivity index (χ1) is 7.17. The number of aromatic nitrogens is 3. The lowest BCUT2D eigenvalue weighted by Crippen LogP contribution is -2.23. The van der Waals surface area contributed by atoms with Crippen LogP contribution in [0.4, 0.5) is 5.95 Å². The number of aliphatic hydroxyl groups excluding tert-OH is 1. The van der Waals surface area contributed by atoms with Crippen molar-refractivity contribution >= 4 is 17.5 Å². The number of aliphatic hydroxyl groups is 1. The summed E-state index contributed by atoms with van der Waals surface area (Å²) in [6.45, 7) is 2.73. The summed E-state index contributed by atoms with van der Waals surface area (Å²) in [5.41, 5.74) is 0. The third-order valence-corrected chi connectivity index (χ3v) is 1.80. The highest BCUT2D eigenvalue weighted by Crippen LogP contribution is 2.13. The van der Waals surface area contributed by atoms with Gasteiger partial charge in [0.15, 0.2) is 0 Å². The second kappa shape index (κ2) is 5.67. The van der Waals surface area contributed by atoms with Gasteiger partial charge in [0.25, 0.3) is 0 Å². The number of hydrogen-bond donors (Lipinski definition) is 1. The number of rotatable bonds is 5. The molecule has 0 aromatic carbocycles. The number of anilines is 1. The molecule has 15 heavy (non-hydrogen) atoms. The van der Waals surface area contributed by atoms with Crippen molar-refractivity contribution in [2.24, 2.45) is 0 Å². The van der Waals surface area contributed by atoms with Gasteiger partial charge in [-0.05, 0) is 18.5 Å². The van der Waals surface area contributed by atoms with Gasteiger partial charge in [-0.15, -0.1) is 0 Å². The highest BCUT2D eigenvalue weighted by Gasteiger charge is 2.09. The van der Waals surface area contributed by atoms with Crippen LogP contribution in [-0.4, -0.2) is 46.9 Å². The molecule has 0 unspecified atom stereocenters. The molecule has 1 aromatic rings. The number of ether oxygens (including phenoxy) is 1. The first-order valence-corrected chi connectivity index (χ1v) is 4.91. The molecule has 6 nitrogen and oxygen atoms in total. The van der Waals surface area contributed by atoms with E-state index >= 15 is 0 Å². The van der Waals surface area contributed by atoms with E-state index < -0.39 is 0 Å². The molecule has 1 aromatic heterocycles. The average Bonchev–Trinajstić information content (AvgIpc) is 2.17. The molecule has 0 spiro atoms. The normalized spacial score (nSPS) is 10.1. The molecular weight excluding hydrogens is 220 g/mol. The van der Waals surface area contributed by atoms with E-state index in [2.05, 4.69) is 15.0 Å². The Bertz CT molecular complexity index is 324. The predicted molar refractivity (Wildman–Crippen MR) is 56.4 cm³/mol. The van der Waals surface area contributed by atoms with Crippen LogP contribution < -0.4 is 9.64 Å². The summed E-state index contributed by atoms with van der Waals surface area (Å²) in [5.74, 6) is 0.382. The van der Waals surface area contributed by atoms with Gasteiger partial charge >= 0.3 is 6.01 Å². The van der Waals surface area contributed by atoms with Crippen LogP contribution in [-0.2, 0) is 0 Å². The standard InChI is InChI=1S/C8H13ClN4O2/c1-3-15-8-11-6(9)10-7(12-8)13(2)4-5-14/h14H,3-5H2,1-2H3. The number of nitrogens with zero attached hydrogens (tertiary/aromatic N) is 4. The van der Waals surface area contributed by atoms with Gasteiger partial charge in [-0.3, -0.25) is 0 Å². The Kier molecular flexibility index (Phi) is 4.51. The first kappa shape index (κ1) is 11.9. The Morgan fingerprint density at radius 2 is 2.13 bits per heavy atom. The van der Waals surface area contributed by atoms with Gasteiger partial charge in [0.05, 0.1) is 13.2 Å². The lowest BCUT2D eigenvalue weighted by molar-refractivity contribution is 0.300. The van der Waals surface area contributed by atoms with Crippen LogP contribution in [0.5, 0.6) is 6.01 Å². The second-order valence-corrected chi connectivity index (χ2v) is 3.10. The zero-order chi connectivity index (χ0) is 11.3. The fourth-order valence-electron chi connectivity index (χ4n) is 0.936. The topological polar surface area (TPSA) is 71.4 Å². The minimum absolute atomic E-state index is 0.0176. The number of halogens is 1. The van der Waals surface area contributed by atoms with Crippen molar-refractivity contribution in [2.45, 2.75) is 6.92 Å². The van der Waals surface area contributed by atoms with Crippen molar-refractivity contribution in [3.63, 3.8) is 0 Å². The third kappa shape index (κ3) is 3.49. The molecule has 0 fully saturated rings. The van der Waals surface area contributed by atoms with Gasteiger partial charge in [0.1, 0.15) is 0 Å². The second-order valence-electron chi connectivity index (χ2n) is 2.77.